The number of Topliss-reactive ketones (excluding diaryl/α,β-unsaturated/α-hetero) is 1. The summed E-state index contributed by atoms with van der Waals surface area (Å²) in [5, 5.41) is 0. The number of benzene rings is 1. The van der Waals surface area contributed by atoms with Crippen molar-refractivity contribution in [2.24, 2.45) is 11.8 Å². The van der Waals surface area contributed by atoms with Crippen molar-refractivity contribution in [2.45, 2.75) is 40.5 Å². The number of rotatable bonds is 3. The largest absolute Gasteiger partial charge is 0.312 e. The molecule has 0 aliphatic carbocycles. The summed E-state index contributed by atoms with van der Waals surface area (Å²) in [7, 11) is 0. The van der Waals surface area contributed by atoms with E-state index in [1.54, 1.807) is 4.90 Å². The predicted molar refractivity (Wildman–Crippen MR) is 80.8 cm³/mol. The molecule has 0 bridgehead atoms. The van der Waals surface area contributed by atoms with Crippen LogP contribution in [0.4, 0.5) is 5.69 Å². The second-order valence-corrected chi connectivity index (χ2v) is 6.03. The molecule has 0 radical (unpaired) electrons. The molecule has 1 atom stereocenters. The Kier molecular flexibility index (Phi) is 4.26. The summed E-state index contributed by atoms with van der Waals surface area (Å²) in [5.41, 5.74) is 3.23. The predicted octanol–water partition coefficient (Wildman–Crippen LogP) is 3.27. The molecule has 1 unspecified atom stereocenters. The van der Waals surface area contributed by atoms with Crippen LogP contribution < -0.4 is 4.90 Å². The van der Waals surface area contributed by atoms with Gasteiger partial charge in [-0.25, -0.2) is 0 Å². The number of hydrogen-bond donors (Lipinski definition) is 0. The van der Waals surface area contributed by atoms with Gasteiger partial charge >= 0.3 is 0 Å². The third kappa shape index (κ3) is 2.77. The van der Waals surface area contributed by atoms with Gasteiger partial charge in [0, 0.05) is 18.2 Å². The molecule has 1 aliphatic rings. The Balaban J connectivity index is 2.28. The fourth-order valence-corrected chi connectivity index (χ4v) is 2.89. The Morgan fingerprint density at radius 3 is 2.60 bits per heavy atom. The molecule has 3 nitrogen and oxygen atoms in total. The van der Waals surface area contributed by atoms with Gasteiger partial charge < -0.3 is 4.90 Å². The van der Waals surface area contributed by atoms with Crippen molar-refractivity contribution in [3.63, 3.8) is 0 Å². The third-order valence-electron chi connectivity index (χ3n) is 3.99. The van der Waals surface area contributed by atoms with Crippen molar-refractivity contribution in [3.8, 4) is 0 Å². The Morgan fingerprint density at radius 2 is 2.00 bits per heavy atom. The van der Waals surface area contributed by atoms with Crippen LogP contribution >= 0.6 is 0 Å². The SMILES string of the molecule is Cc1ccc(N2CCCC(C(=O)C(C)C)C2=O)c(C)c1. The van der Waals surface area contributed by atoms with Gasteiger partial charge in [-0.3, -0.25) is 9.59 Å². The lowest BCUT2D eigenvalue weighted by Gasteiger charge is -2.33. The maximum Gasteiger partial charge on any atom is 0.237 e. The molecular formula is C17H23NO2. The topological polar surface area (TPSA) is 37.4 Å². The minimum atomic E-state index is -0.454. The van der Waals surface area contributed by atoms with E-state index < -0.39 is 5.92 Å². The van der Waals surface area contributed by atoms with E-state index in [1.807, 2.05) is 39.8 Å². The summed E-state index contributed by atoms with van der Waals surface area (Å²) in [6, 6.07) is 6.09. The van der Waals surface area contributed by atoms with Crippen molar-refractivity contribution in [1.29, 1.82) is 0 Å². The average molecular weight is 273 g/mol. The first-order valence-corrected chi connectivity index (χ1v) is 7.34. The van der Waals surface area contributed by atoms with Gasteiger partial charge in [-0.1, -0.05) is 31.5 Å². The maximum atomic E-state index is 12.6. The molecule has 1 aliphatic heterocycles. The lowest BCUT2D eigenvalue weighted by molar-refractivity contribution is -0.135. The van der Waals surface area contributed by atoms with E-state index in [-0.39, 0.29) is 17.6 Å². The molecule has 0 saturated carbocycles. The zero-order chi connectivity index (χ0) is 14.9. The highest BCUT2D eigenvalue weighted by atomic mass is 16.2. The Labute approximate surface area is 121 Å². The third-order valence-corrected chi connectivity index (χ3v) is 3.99. The van der Waals surface area contributed by atoms with Gasteiger partial charge in [0.15, 0.2) is 0 Å². The molecular weight excluding hydrogens is 250 g/mol. The highest BCUT2D eigenvalue weighted by Gasteiger charge is 2.35. The van der Waals surface area contributed by atoms with Crippen molar-refractivity contribution < 1.29 is 9.59 Å². The Morgan fingerprint density at radius 1 is 1.30 bits per heavy atom. The average Bonchev–Trinajstić information content (AvgIpc) is 2.39. The lowest BCUT2D eigenvalue weighted by Crippen LogP contribution is -2.45. The van der Waals surface area contributed by atoms with Crippen LogP contribution in [0.2, 0.25) is 0 Å². The lowest BCUT2D eigenvalue weighted by atomic mass is 9.87. The molecule has 20 heavy (non-hydrogen) atoms. The summed E-state index contributed by atoms with van der Waals surface area (Å²) in [6.07, 6.45) is 1.58. The van der Waals surface area contributed by atoms with E-state index in [1.165, 1.54) is 5.56 Å². The number of piperidine rings is 1. The normalized spacial score (nSPS) is 19.6. The summed E-state index contributed by atoms with van der Waals surface area (Å²) >= 11 is 0. The molecule has 1 aromatic carbocycles. The molecule has 0 N–H and O–H groups in total. The van der Waals surface area contributed by atoms with E-state index in [4.69, 9.17) is 0 Å². The number of carbonyl (C=O) groups excluding carboxylic acids is 2. The molecule has 3 heteroatoms. The van der Waals surface area contributed by atoms with Crippen LogP contribution in [0.3, 0.4) is 0 Å². The van der Waals surface area contributed by atoms with Crippen molar-refractivity contribution >= 4 is 17.4 Å². The van der Waals surface area contributed by atoms with E-state index in [2.05, 4.69) is 6.07 Å². The minimum Gasteiger partial charge on any atom is -0.312 e. The molecule has 1 amide bonds. The minimum absolute atomic E-state index is 0.0260. The van der Waals surface area contributed by atoms with Crippen molar-refractivity contribution in [3.05, 3.63) is 29.3 Å². The molecule has 108 valence electrons. The van der Waals surface area contributed by atoms with Gasteiger partial charge in [-0.2, -0.15) is 0 Å². The highest BCUT2D eigenvalue weighted by Crippen LogP contribution is 2.29. The Hall–Kier alpha value is -1.64. The Bertz CT molecular complexity index is 534. The van der Waals surface area contributed by atoms with Crippen molar-refractivity contribution in [2.75, 3.05) is 11.4 Å². The first kappa shape index (κ1) is 14.8. The van der Waals surface area contributed by atoms with Gasteiger partial charge in [0.1, 0.15) is 5.78 Å². The number of ketones is 1. The van der Waals surface area contributed by atoms with Gasteiger partial charge in [0.2, 0.25) is 5.91 Å². The van der Waals surface area contributed by atoms with Gasteiger partial charge in [0.25, 0.3) is 0 Å². The molecule has 1 aromatic rings. The fourth-order valence-electron chi connectivity index (χ4n) is 2.89. The van der Waals surface area contributed by atoms with E-state index >= 15 is 0 Å². The first-order valence-electron chi connectivity index (χ1n) is 7.34. The van der Waals surface area contributed by atoms with E-state index in [0.29, 0.717) is 13.0 Å². The van der Waals surface area contributed by atoms with Crippen LogP contribution in [0.25, 0.3) is 0 Å². The second kappa shape index (κ2) is 5.78. The summed E-state index contributed by atoms with van der Waals surface area (Å²) in [5.74, 6) is -0.487. The molecule has 0 spiro atoms. The highest BCUT2D eigenvalue weighted by molar-refractivity contribution is 6.09. The first-order chi connectivity index (χ1) is 9.41. The fraction of sp³-hybridized carbons (Fsp3) is 0.529. The number of anilines is 1. The van der Waals surface area contributed by atoms with E-state index in [9.17, 15) is 9.59 Å². The smallest absolute Gasteiger partial charge is 0.237 e. The number of nitrogens with zero attached hydrogens (tertiary/aromatic N) is 1. The molecule has 0 aromatic heterocycles. The van der Waals surface area contributed by atoms with Gasteiger partial charge in [0.05, 0.1) is 5.92 Å². The zero-order valence-corrected chi connectivity index (χ0v) is 12.8. The number of aryl methyl sites for hydroxylation is 2. The molecule has 1 saturated heterocycles. The van der Waals surface area contributed by atoms with Crippen LogP contribution in [0, 0.1) is 25.7 Å². The standard InChI is InChI=1S/C17H23NO2/c1-11(2)16(19)14-6-5-9-18(17(14)20)15-8-7-12(3)10-13(15)4/h7-8,10-11,14H,5-6,9H2,1-4H3. The molecule has 1 fully saturated rings. The van der Waals surface area contributed by atoms with Gasteiger partial charge in [-0.05, 0) is 38.3 Å². The van der Waals surface area contributed by atoms with Crippen LogP contribution in [-0.2, 0) is 9.59 Å². The van der Waals surface area contributed by atoms with Crippen LogP contribution in [0.1, 0.15) is 37.8 Å². The van der Waals surface area contributed by atoms with Crippen LogP contribution in [-0.4, -0.2) is 18.2 Å². The molecule has 2 rings (SSSR count). The number of carbonyl (C=O) groups is 2. The quantitative estimate of drug-likeness (QED) is 0.793. The number of hydrogen-bond acceptors (Lipinski definition) is 2. The maximum absolute atomic E-state index is 12.6. The molecule has 1 heterocycles. The van der Waals surface area contributed by atoms with Crippen LogP contribution in [0.5, 0.6) is 0 Å². The van der Waals surface area contributed by atoms with E-state index in [0.717, 1.165) is 17.7 Å². The monoisotopic (exact) mass is 273 g/mol. The van der Waals surface area contributed by atoms with Crippen LogP contribution in [0.15, 0.2) is 18.2 Å². The van der Waals surface area contributed by atoms with Crippen molar-refractivity contribution in [1.82, 2.24) is 0 Å². The summed E-state index contributed by atoms with van der Waals surface area (Å²) in [4.78, 5) is 26.6. The zero-order valence-electron chi connectivity index (χ0n) is 12.8. The summed E-state index contributed by atoms with van der Waals surface area (Å²) in [6.45, 7) is 8.51. The van der Waals surface area contributed by atoms with Gasteiger partial charge in [-0.15, -0.1) is 0 Å². The second-order valence-electron chi connectivity index (χ2n) is 6.03. The summed E-state index contributed by atoms with van der Waals surface area (Å²) < 4.78 is 0. The number of amides is 1.